The summed E-state index contributed by atoms with van der Waals surface area (Å²) in [7, 11) is 3.29. The van der Waals surface area contributed by atoms with E-state index in [1.807, 2.05) is 18.2 Å². The van der Waals surface area contributed by atoms with Gasteiger partial charge in [-0.25, -0.2) is 0 Å². The average molecular weight is 273 g/mol. The summed E-state index contributed by atoms with van der Waals surface area (Å²) in [5, 5.41) is 3.55. The van der Waals surface area contributed by atoms with Crippen LogP contribution in [0.2, 0.25) is 0 Å². The standard InChI is InChI=1S/C16H19NO3/c1-18-15-7-6-11(10-16(15)19-2)17-13-4-3-5-14-12(13)8-9-20-14/h6-10,13,17H,3-5H2,1-2H3. The lowest BCUT2D eigenvalue weighted by molar-refractivity contribution is 0.355. The molecule has 0 aliphatic heterocycles. The third-order valence-electron chi connectivity index (χ3n) is 3.78. The van der Waals surface area contributed by atoms with Gasteiger partial charge in [0.1, 0.15) is 5.76 Å². The first kappa shape index (κ1) is 12.9. The molecule has 106 valence electrons. The fourth-order valence-electron chi connectivity index (χ4n) is 2.76. The monoisotopic (exact) mass is 273 g/mol. The van der Waals surface area contributed by atoms with Crippen LogP contribution in [0.1, 0.15) is 30.2 Å². The summed E-state index contributed by atoms with van der Waals surface area (Å²) < 4.78 is 16.1. The van der Waals surface area contributed by atoms with Crippen LogP contribution < -0.4 is 14.8 Å². The Labute approximate surface area is 118 Å². The molecule has 4 nitrogen and oxygen atoms in total. The predicted octanol–water partition coefficient (Wildman–Crippen LogP) is 3.79. The smallest absolute Gasteiger partial charge is 0.162 e. The lowest BCUT2D eigenvalue weighted by Crippen LogP contribution is -2.15. The van der Waals surface area contributed by atoms with Crippen molar-refractivity contribution in [1.82, 2.24) is 0 Å². The first-order valence-corrected chi connectivity index (χ1v) is 6.86. The first-order valence-electron chi connectivity index (χ1n) is 6.86. The van der Waals surface area contributed by atoms with Gasteiger partial charge in [-0.15, -0.1) is 0 Å². The van der Waals surface area contributed by atoms with Gasteiger partial charge in [-0.05, 0) is 31.0 Å². The molecule has 20 heavy (non-hydrogen) atoms. The van der Waals surface area contributed by atoms with Crippen molar-refractivity contribution in [2.24, 2.45) is 0 Å². The molecule has 0 saturated carbocycles. The summed E-state index contributed by atoms with van der Waals surface area (Å²) in [6.45, 7) is 0. The van der Waals surface area contributed by atoms with E-state index in [9.17, 15) is 0 Å². The maximum absolute atomic E-state index is 5.52. The van der Waals surface area contributed by atoms with Gasteiger partial charge >= 0.3 is 0 Å². The number of aryl methyl sites for hydroxylation is 1. The molecule has 1 aromatic carbocycles. The minimum Gasteiger partial charge on any atom is -0.493 e. The molecular formula is C16H19NO3. The van der Waals surface area contributed by atoms with Crippen LogP contribution in [0, 0.1) is 0 Å². The SMILES string of the molecule is COc1ccc(NC2CCCc3occc32)cc1OC. The van der Waals surface area contributed by atoms with Gasteiger partial charge in [-0.1, -0.05) is 0 Å². The number of fused-ring (bicyclic) bond motifs is 1. The Morgan fingerprint density at radius 1 is 1.15 bits per heavy atom. The van der Waals surface area contributed by atoms with Crippen molar-refractivity contribution in [3.63, 3.8) is 0 Å². The molecule has 0 radical (unpaired) electrons. The summed E-state index contributed by atoms with van der Waals surface area (Å²) in [5.41, 5.74) is 2.30. The second-order valence-electron chi connectivity index (χ2n) is 4.96. The van der Waals surface area contributed by atoms with E-state index >= 15 is 0 Å². The normalized spacial score (nSPS) is 17.4. The topological polar surface area (TPSA) is 43.6 Å². The molecule has 0 spiro atoms. The lowest BCUT2D eigenvalue weighted by Gasteiger charge is -2.24. The van der Waals surface area contributed by atoms with Crippen LogP contribution in [-0.4, -0.2) is 14.2 Å². The molecule has 0 bridgehead atoms. The molecule has 1 N–H and O–H groups in total. The van der Waals surface area contributed by atoms with Crippen LogP contribution in [-0.2, 0) is 6.42 Å². The highest BCUT2D eigenvalue weighted by Gasteiger charge is 2.22. The largest absolute Gasteiger partial charge is 0.493 e. The van der Waals surface area contributed by atoms with E-state index in [1.165, 1.54) is 5.56 Å². The summed E-state index contributed by atoms with van der Waals surface area (Å²) >= 11 is 0. The van der Waals surface area contributed by atoms with E-state index in [4.69, 9.17) is 13.9 Å². The minimum atomic E-state index is 0.301. The number of nitrogens with one attached hydrogen (secondary N) is 1. The van der Waals surface area contributed by atoms with E-state index in [1.54, 1.807) is 20.5 Å². The van der Waals surface area contributed by atoms with Gasteiger partial charge < -0.3 is 19.2 Å². The molecule has 0 fully saturated rings. The summed E-state index contributed by atoms with van der Waals surface area (Å²) in [6, 6.07) is 8.26. The van der Waals surface area contributed by atoms with Crippen LogP contribution in [0.25, 0.3) is 0 Å². The quantitative estimate of drug-likeness (QED) is 0.920. The highest BCUT2D eigenvalue weighted by Crippen LogP contribution is 2.35. The Balaban J connectivity index is 1.82. The summed E-state index contributed by atoms with van der Waals surface area (Å²) in [4.78, 5) is 0. The Bertz CT molecular complexity index is 591. The molecule has 1 aliphatic rings. The minimum absolute atomic E-state index is 0.301. The number of anilines is 1. The zero-order valence-electron chi connectivity index (χ0n) is 11.8. The maximum atomic E-state index is 5.52. The summed E-state index contributed by atoms with van der Waals surface area (Å²) in [5.74, 6) is 2.58. The molecule has 1 atom stereocenters. The van der Waals surface area contributed by atoms with Gasteiger partial charge in [0.15, 0.2) is 11.5 Å². The second-order valence-corrected chi connectivity index (χ2v) is 4.96. The zero-order chi connectivity index (χ0) is 13.9. The lowest BCUT2D eigenvalue weighted by atomic mass is 9.93. The van der Waals surface area contributed by atoms with E-state index in [0.29, 0.717) is 6.04 Å². The van der Waals surface area contributed by atoms with Gasteiger partial charge in [-0.2, -0.15) is 0 Å². The molecule has 1 aliphatic carbocycles. The Kier molecular flexibility index (Phi) is 3.54. The number of hydrogen-bond acceptors (Lipinski definition) is 4. The molecule has 0 saturated heterocycles. The van der Waals surface area contributed by atoms with Crippen LogP contribution in [0.5, 0.6) is 11.5 Å². The van der Waals surface area contributed by atoms with Crippen molar-refractivity contribution < 1.29 is 13.9 Å². The zero-order valence-corrected chi connectivity index (χ0v) is 11.8. The highest BCUT2D eigenvalue weighted by atomic mass is 16.5. The maximum Gasteiger partial charge on any atom is 0.162 e. The number of benzene rings is 1. The van der Waals surface area contributed by atoms with Gasteiger partial charge in [0.2, 0.25) is 0 Å². The molecule has 1 aromatic heterocycles. The molecule has 3 rings (SSSR count). The van der Waals surface area contributed by atoms with Gasteiger partial charge in [0.05, 0.1) is 26.5 Å². The van der Waals surface area contributed by atoms with Crippen LogP contribution in [0.3, 0.4) is 0 Å². The first-order chi connectivity index (χ1) is 9.81. The molecular weight excluding hydrogens is 254 g/mol. The average Bonchev–Trinajstić information content (AvgIpc) is 2.96. The Morgan fingerprint density at radius 3 is 2.80 bits per heavy atom. The van der Waals surface area contributed by atoms with Crippen LogP contribution in [0.4, 0.5) is 5.69 Å². The van der Waals surface area contributed by atoms with E-state index in [0.717, 1.165) is 42.2 Å². The second kappa shape index (κ2) is 5.49. The molecule has 0 amide bonds. The van der Waals surface area contributed by atoms with Gasteiger partial charge in [0.25, 0.3) is 0 Å². The number of rotatable bonds is 4. The third kappa shape index (κ3) is 2.33. The van der Waals surface area contributed by atoms with Crippen LogP contribution in [0.15, 0.2) is 34.9 Å². The Morgan fingerprint density at radius 2 is 2.00 bits per heavy atom. The Hall–Kier alpha value is -2.10. The van der Waals surface area contributed by atoms with Crippen molar-refractivity contribution >= 4 is 5.69 Å². The fourth-order valence-corrected chi connectivity index (χ4v) is 2.76. The van der Waals surface area contributed by atoms with Gasteiger partial charge in [-0.3, -0.25) is 0 Å². The fraction of sp³-hybridized carbons (Fsp3) is 0.375. The van der Waals surface area contributed by atoms with Crippen molar-refractivity contribution in [2.75, 3.05) is 19.5 Å². The molecule has 1 unspecified atom stereocenters. The van der Waals surface area contributed by atoms with Crippen molar-refractivity contribution in [1.29, 1.82) is 0 Å². The van der Waals surface area contributed by atoms with E-state index in [-0.39, 0.29) is 0 Å². The number of furan rings is 1. The molecule has 2 aromatic rings. The van der Waals surface area contributed by atoms with E-state index < -0.39 is 0 Å². The predicted molar refractivity (Wildman–Crippen MR) is 77.6 cm³/mol. The van der Waals surface area contributed by atoms with Crippen molar-refractivity contribution in [3.05, 3.63) is 41.9 Å². The number of hydrogen-bond donors (Lipinski definition) is 1. The summed E-state index contributed by atoms with van der Waals surface area (Å²) in [6.07, 6.45) is 5.07. The van der Waals surface area contributed by atoms with Crippen LogP contribution >= 0.6 is 0 Å². The molecule has 4 heteroatoms. The van der Waals surface area contributed by atoms with Crippen molar-refractivity contribution in [2.45, 2.75) is 25.3 Å². The van der Waals surface area contributed by atoms with E-state index in [2.05, 4.69) is 11.4 Å². The number of ether oxygens (including phenoxy) is 2. The molecule has 1 heterocycles. The third-order valence-corrected chi connectivity index (χ3v) is 3.78. The highest BCUT2D eigenvalue weighted by molar-refractivity contribution is 5.56. The van der Waals surface area contributed by atoms with Gasteiger partial charge in [0, 0.05) is 23.7 Å². The van der Waals surface area contributed by atoms with Crippen molar-refractivity contribution in [3.8, 4) is 11.5 Å². The number of methoxy groups -OCH3 is 2.